The highest BCUT2D eigenvalue weighted by Gasteiger charge is 2.48. The Morgan fingerprint density at radius 3 is 2.85 bits per heavy atom. The van der Waals surface area contributed by atoms with Gasteiger partial charge in [0.25, 0.3) is 0 Å². The van der Waals surface area contributed by atoms with E-state index in [4.69, 9.17) is 17.0 Å². The van der Waals surface area contributed by atoms with E-state index in [0.29, 0.717) is 17.5 Å². The summed E-state index contributed by atoms with van der Waals surface area (Å²) < 4.78 is 1.99. The van der Waals surface area contributed by atoms with Gasteiger partial charge in [-0.2, -0.15) is 5.10 Å². The molecule has 0 radical (unpaired) electrons. The average molecular weight is 385 g/mol. The quantitative estimate of drug-likeness (QED) is 0.692. The third-order valence-electron chi connectivity index (χ3n) is 5.67. The van der Waals surface area contributed by atoms with E-state index in [1.165, 1.54) is 19.1 Å². The van der Waals surface area contributed by atoms with Crippen molar-refractivity contribution < 1.29 is 4.79 Å². The first-order chi connectivity index (χ1) is 13.0. The van der Waals surface area contributed by atoms with Crippen molar-refractivity contribution in [2.75, 3.05) is 29.9 Å². The fraction of sp³-hybridized carbons (Fsp3) is 0.421. The molecule has 5 rings (SSSR count). The number of aromatic nitrogens is 2. The molecule has 2 aromatic rings. The summed E-state index contributed by atoms with van der Waals surface area (Å²) in [5.41, 5.74) is 3.45. The molecule has 1 aromatic carbocycles. The number of hydrogen-bond acceptors (Lipinski definition) is 5. The molecule has 8 heteroatoms. The molecule has 7 nitrogen and oxygen atoms in total. The zero-order valence-electron chi connectivity index (χ0n) is 14.8. The third kappa shape index (κ3) is 2.96. The van der Waals surface area contributed by atoms with E-state index in [0.717, 1.165) is 42.3 Å². The van der Waals surface area contributed by atoms with Gasteiger partial charge in [-0.15, -0.1) is 0 Å². The normalized spacial score (nSPS) is 20.5. The zero-order valence-corrected chi connectivity index (χ0v) is 15.6. The molecular formula is C19H21ClN6O. The summed E-state index contributed by atoms with van der Waals surface area (Å²) in [7, 11) is 0. The molecule has 0 bridgehead atoms. The van der Waals surface area contributed by atoms with Crippen LogP contribution >= 0.6 is 11.6 Å². The molecule has 27 heavy (non-hydrogen) atoms. The second kappa shape index (κ2) is 5.99. The molecule has 3 aliphatic rings. The fourth-order valence-electron chi connectivity index (χ4n) is 4.05. The van der Waals surface area contributed by atoms with Crippen molar-refractivity contribution in [3.05, 3.63) is 35.1 Å². The number of carbonyl (C=O) groups is 1. The SMILES string of the molecule is N=Cc1cc(Cl)c(N2CC3(CNC(=O)C3)C2)cc1Nc1cnn(C2CC2)c1. The van der Waals surface area contributed by atoms with E-state index in [1.807, 2.05) is 29.2 Å². The maximum Gasteiger partial charge on any atom is 0.220 e. The highest BCUT2D eigenvalue weighted by Crippen LogP contribution is 2.43. The van der Waals surface area contributed by atoms with Gasteiger partial charge in [-0.1, -0.05) is 11.6 Å². The van der Waals surface area contributed by atoms with Crippen molar-refractivity contribution in [3.63, 3.8) is 0 Å². The van der Waals surface area contributed by atoms with Gasteiger partial charge in [0.05, 0.1) is 28.6 Å². The van der Waals surface area contributed by atoms with Crippen LogP contribution in [-0.4, -0.2) is 41.5 Å². The Labute approximate surface area is 162 Å². The highest BCUT2D eigenvalue weighted by molar-refractivity contribution is 6.33. The number of rotatable bonds is 5. The van der Waals surface area contributed by atoms with Crippen LogP contribution in [0.15, 0.2) is 24.5 Å². The number of benzene rings is 1. The van der Waals surface area contributed by atoms with Gasteiger partial charge in [0.15, 0.2) is 0 Å². The van der Waals surface area contributed by atoms with Gasteiger partial charge >= 0.3 is 0 Å². The zero-order chi connectivity index (χ0) is 18.6. The van der Waals surface area contributed by atoms with Crippen LogP contribution in [0.4, 0.5) is 17.1 Å². The predicted molar refractivity (Wildman–Crippen MR) is 105 cm³/mol. The van der Waals surface area contributed by atoms with Gasteiger partial charge in [0, 0.05) is 55.1 Å². The Morgan fingerprint density at radius 1 is 1.37 bits per heavy atom. The number of anilines is 3. The first-order valence-corrected chi connectivity index (χ1v) is 9.60. The van der Waals surface area contributed by atoms with Crippen LogP contribution in [0, 0.1) is 10.8 Å². The summed E-state index contributed by atoms with van der Waals surface area (Å²) in [6.45, 7) is 2.37. The maximum atomic E-state index is 11.6. The van der Waals surface area contributed by atoms with E-state index in [9.17, 15) is 4.79 Å². The van der Waals surface area contributed by atoms with Crippen molar-refractivity contribution in [3.8, 4) is 0 Å². The fourth-order valence-corrected chi connectivity index (χ4v) is 4.34. The molecular weight excluding hydrogens is 364 g/mol. The lowest BCUT2D eigenvalue weighted by atomic mass is 9.78. The molecule has 2 saturated heterocycles. The smallest absolute Gasteiger partial charge is 0.220 e. The van der Waals surface area contributed by atoms with Gasteiger partial charge in [-0.3, -0.25) is 9.48 Å². The number of hydrogen-bond donors (Lipinski definition) is 3. The lowest BCUT2D eigenvalue weighted by molar-refractivity contribution is -0.119. The predicted octanol–water partition coefficient (Wildman–Crippen LogP) is 2.94. The van der Waals surface area contributed by atoms with Crippen LogP contribution in [-0.2, 0) is 4.79 Å². The lowest BCUT2D eigenvalue weighted by Crippen LogP contribution is -2.57. The maximum absolute atomic E-state index is 11.6. The minimum absolute atomic E-state index is 0.0413. The first-order valence-electron chi connectivity index (χ1n) is 9.22. The second-order valence-electron chi connectivity index (χ2n) is 7.91. The molecule has 1 amide bonds. The summed E-state index contributed by atoms with van der Waals surface area (Å²) in [4.78, 5) is 13.8. The summed E-state index contributed by atoms with van der Waals surface area (Å²) in [6.07, 6.45) is 8.09. The van der Waals surface area contributed by atoms with E-state index >= 15 is 0 Å². The molecule has 140 valence electrons. The van der Waals surface area contributed by atoms with Crippen LogP contribution in [0.5, 0.6) is 0 Å². The molecule has 1 saturated carbocycles. The monoisotopic (exact) mass is 384 g/mol. The number of amides is 1. The Hall–Kier alpha value is -2.54. The Bertz CT molecular complexity index is 928. The molecule has 3 heterocycles. The largest absolute Gasteiger partial charge is 0.369 e. The van der Waals surface area contributed by atoms with E-state index in [2.05, 4.69) is 20.6 Å². The molecule has 2 aliphatic heterocycles. The molecule has 1 spiro atoms. The summed E-state index contributed by atoms with van der Waals surface area (Å²) >= 11 is 6.50. The molecule has 3 N–H and O–H groups in total. The number of halogens is 1. The second-order valence-corrected chi connectivity index (χ2v) is 8.32. The van der Waals surface area contributed by atoms with Gasteiger partial charge < -0.3 is 20.9 Å². The highest BCUT2D eigenvalue weighted by atomic mass is 35.5. The summed E-state index contributed by atoms with van der Waals surface area (Å²) in [6, 6.07) is 4.35. The van der Waals surface area contributed by atoms with Crippen LogP contribution in [0.1, 0.15) is 30.9 Å². The van der Waals surface area contributed by atoms with Crippen molar-refractivity contribution in [2.24, 2.45) is 5.41 Å². The van der Waals surface area contributed by atoms with Gasteiger partial charge in [0.2, 0.25) is 5.91 Å². The van der Waals surface area contributed by atoms with Gasteiger partial charge in [-0.25, -0.2) is 0 Å². The topological polar surface area (TPSA) is 86.0 Å². The minimum Gasteiger partial charge on any atom is -0.369 e. The number of nitrogens with one attached hydrogen (secondary N) is 3. The van der Waals surface area contributed by atoms with Crippen molar-refractivity contribution in [2.45, 2.75) is 25.3 Å². The van der Waals surface area contributed by atoms with Crippen LogP contribution in [0.2, 0.25) is 5.02 Å². The van der Waals surface area contributed by atoms with Crippen LogP contribution in [0.25, 0.3) is 0 Å². The molecule has 0 atom stereocenters. The summed E-state index contributed by atoms with van der Waals surface area (Å²) in [5.74, 6) is 0.134. The number of carbonyl (C=O) groups excluding carboxylic acids is 1. The van der Waals surface area contributed by atoms with Crippen molar-refractivity contribution in [1.29, 1.82) is 5.41 Å². The van der Waals surface area contributed by atoms with E-state index in [1.54, 1.807) is 0 Å². The van der Waals surface area contributed by atoms with Crippen molar-refractivity contribution >= 4 is 40.8 Å². The molecule has 1 aliphatic carbocycles. The standard InChI is InChI=1S/C19H21ClN6O/c20-15-3-12(6-21)16(24-13-7-23-26(8-13)14-1-2-14)4-17(15)25-10-19(11-25)5-18(27)22-9-19/h3-4,6-8,14,21,24H,1-2,5,9-11H2,(H,22,27). The molecule has 0 unspecified atom stereocenters. The minimum atomic E-state index is 0.0413. The van der Waals surface area contributed by atoms with Gasteiger partial charge in [0.1, 0.15) is 0 Å². The lowest BCUT2D eigenvalue weighted by Gasteiger charge is -2.48. The first kappa shape index (κ1) is 16.6. The Kier molecular flexibility index (Phi) is 3.69. The molecule has 3 fully saturated rings. The van der Waals surface area contributed by atoms with Crippen molar-refractivity contribution in [1.82, 2.24) is 15.1 Å². The Morgan fingerprint density at radius 2 is 2.19 bits per heavy atom. The summed E-state index contributed by atoms with van der Waals surface area (Å²) in [5, 5.41) is 19.1. The third-order valence-corrected chi connectivity index (χ3v) is 5.97. The Balaban J connectivity index is 1.38. The van der Waals surface area contributed by atoms with Crippen LogP contribution < -0.4 is 15.5 Å². The van der Waals surface area contributed by atoms with E-state index < -0.39 is 0 Å². The van der Waals surface area contributed by atoms with Crippen LogP contribution in [0.3, 0.4) is 0 Å². The van der Waals surface area contributed by atoms with Gasteiger partial charge in [-0.05, 0) is 25.0 Å². The van der Waals surface area contributed by atoms with E-state index in [-0.39, 0.29) is 11.3 Å². The number of nitrogens with zero attached hydrogens (tertiary/aromatic N) is 3. The average Bonchev–Trinajstić information content (AvgIpc) is 3.24. The molecule has 1 aromatic heterocycles.